The van der Waals surface area contributed by atoms with Crippen molar-refractivity contribution in [3.8, 4) is 11.6 Å². The molecule has 1 saturated heterocycles. The predicted octanol–water partition coefficient (Wildman–Crippen LogP) is 2.05. The lowest BCUT2D eigenvalue weighted by molar-refractivity contribution is 0.164. The van der Waals surface area contributed by atoms with Crippen molar-refractivity contribution in [3.63, 3.8) is 0 Å². The molecule has 1 N–H and O–H groups in total. The maximum atomic E-state index is 14.7. The fraction of sp³-hybridized carbons (Fsp3) is 0.458. The summed E-state index contributed by atoms with van der Waals surface area (Å²) in [6, 6.07) is 5.54. The van der Waals surface area contributed by atoms with Crippen LogP contribution in [0.2, 0.25) is 0 Å². The molecular formula is C24H26FN5O3. The Bertz CT molecular complexity index is 1250. The molecule has 5 heterocycles. The van der Waals surface area contributed by atoms with E-state index in [2.05, 4.69) is 20.2 Å². The smallest absolute Gasteiger partial charge is 0.269 e. The summed E-state index contributed by atoms with van der Waals surface area (Å²) in [5.41, 5.74) is 2.91. The van der Waals surface area contributed by atoms with Crippen molar-refractivity contribution in [1.29, 1.82) is 0 Å². The number of fused-ring (bicyclic) bond motifs is 1. The third-order valence-electron chi connectivity index (χ3n) is 6.92. The minimum Gasteiger partial charge on any atom is -0.484 e. The maximum absolute atomic E-state index is 14.7. The molecule has 1 aromatic carbocycles. The molecule has 1 atom stereocenters. The second-order valence-corrected chi connectivity index (χ2v) is 9.03. The second kappa shape index (κ2) is 8.39. The van der Waals surface area contributed by atoms with Crippen LogP contribution >= 0.6 is 0 Å². The SMILES string of the molecule is O=c1cnc2ccc(F)c3c2n1CC3CN1CCC(NCc2cnc3c(c2)OCCO3)CC1. The molecule has 0 bridgehead atoms. The van der Waals surface area contributed by atoms with Crippen molar-refractivity contribution in [2.75, 3.05) is 32.8 Å². The minimum atomic E-state index is -0.240. The largest absolute Gasteiger partial charge is 0.484 e. The quantitative estimate of drug-likeness (QED) is 0.636. The highest BCUT2D eigenvalue weighted by molar-refractivity contribution is 5.80. The molecule has 6 rings (SSSR count). The molecule has 0 aliphatic carbocycles. The molecule has 1 unspecified atom stereocenters. The van der Waals surface area contributed by atoms with Crippen LogP contribution in [0.4, 0.5) is 4.39 Å². The van der Waals surface area contributed by atoms with E-state index in [9.17, 15) is 9.18 Å². The molecule has 0 spiro atoms. The third kappa shape index (κ3) is 3.85. The summed E-state index contributed by atoms with van der Waals surface area (Å²) in [6.45, 7) is 4.97. The summed E-state index contributed by atoms with van der Waals surface area (Å²) < 4.78 is 27.5. The van der Waals surface area contributed by atoms with E-state index in [1.807, 2.05) is 12.3 Å². The Labute approximate surface area is 190 Å². The lowest BCUT2D eigenvalue weighted by Crippen LogP contribution is -2.43. The van der Waals surface area contributed by atoms with Gasteiger partial charge in [0.15, 0.2) is 5.75 Å². The van der Waals surface area contributed by atoms with Crippen molar-refractivity contribution in [2.45, 2.75) is 37.9 Å². The Hall–Kier alpha value is -3.04. The van der Waals surface area contributed by atoms with Crippen LogP contribution < -0.4 is 20.3 Å². The van der Waals surface area contributed by atoms with Crippen LogP contribution in [0.3, 0.4) is 0 Å². The topological polar surface area (TPSA) is 81.5 Å². The lowest BCUT2D eigenvalue weighted by atomic mass is 9.97. The van der Waals surface area contributed by atoms with E-state index in [0.717, 1.165) is 44.6 Å². The number of hydrogen-bond donors (Lipinski definition) is 1. The summed E-state index contributed by atoms with van der Waals surface area (Å²) >= 11 is 0. The molecule has 33 heavy (non-hydrogen) atoms. The van der Waals surface area contributed by atoms with Crippen molar-refractivity contribution in [1.82, 2.24) is 24.8 Å². The van der Waals surface area contributed by atoms with Gasteiger partial charge in [0.2, 0.25) is 0 Å². The highest BCUT2D eigenvalue weighted by Gasteiger charge is 2.31. The average Bonchev–Trinajstić information content (AvgIpc) is 3.23. The zero-order valence-electron chi connectivity index (χ0n) is 18.3. The Kier molecular flexibility index (Phi) is 5.22. The molecule has 8 nitrogen and oxygen atoms in total. The molecule has 0 amide bonds. The van der Waals surface area contributed by atoms with Gasteiger partial charge < -0.3 is 24.3 Å². The van der Waals surface area contributed by atoms with Crippen LogP contribution in [0.15, 0.2) is 35.4 Å². The van der Waals surface area contributed by atoms with Gasteiger partial charge in [-0.15, -0.1) is 0 Å². The summed E-state index contributed by atoms with van der Waals surface area (Å²) in [6.07, 6.45) is 5.21. The van der Waals surface area contributed by atoms with Gasteiger partial charge in [0, 0.05) is 43.4 Å². The molecule has 2 aromatic heterocycles. The minimum absolute atomic E-state index is 0.0288. The van der Waals surface area contributed by atoms with Crippen molar-refractivity contribution < 1.29 is 13.9 Å². The van der Waals surface area contributed by atoms with Crippen LogP contribution in [0.1, 0.15) is 29.9 Å². The maximum Gasteiger partial charge on any atom is 0.269 e. The Balaban J connectivity index is 1.06. The third-order valence-corrected chi connectivity index (χ3v) is 6.92. The molecule has 3 aromatic rings. The second-order valence-electron chi connectivity index (χ2n) is 9.03. The zero-order valence-corrected chi connectivity index (χ0v) is 18.3. The fourth-order valence-electron chi connectivity index (χ4n) is 5.26. The van der Waals surface area contributed by atoms with Crippen molar-refractivity contribution >= 4 is 11.0 Å². The Morgan fingerprint density at radius 3 is 2.85 bits per heavy atom. The van der Waals surface area contributed by atoms with Gasteiger partial charge in [-0.25, -0.2) is 14.4 Å². The number of nitrogens with zero attached hydrogens (tertiary/aromatic N) is 4. The number of likely N-dealkylation sites (tertiary alicyclic amines) is 1. The number of rotatable bonds is 5. The number of nitrogens with one attached hydrogen (secondary N) is 1. The van der Waals surface area contributed by atoms with Gasteiger partial charge in [-0.2, -0.15) is 0 Å². The summed E-state index contributed by atoms with van der Waals surface area (Å²) in [5, 5.41) is 3.63. The highest BCUT2D eigenvalue weighted by Crippen LogP contribution is 2.35. The van der Waals surface area contributed by atoms with E-state index in [4.69, 9.17) is 9.47 Å². The van der Waals surface area contributed by atoms with Crippen LogP contribution in [0.25, 0.3) is 11.0 Å². The van der Waals surface area contributed by atoms with E-state index in [-0.39, 0.29) is 17.3 Å². The first-order valence-corrected chi connectivity index (χ1v) is 11.5. The first kappa shape index (κ1) is 20.6. The Morgan fingerprint density at radius 2 is 1.97 bits per heavy atom. The van der Waals surface area contributed by atoms with E-state index < -0.39 is 0 Å². The first-order chi connectivity index (χ1) is 16.2. The molecular weight excluding hydrogens is 425 g/mol. The summed E-state index contributed by atoms with van der Waals surface area (Å²) in [7, 11) is 0. The zero-order chi connectivity index (χ0) is 22.4. The number of aromatic nitrogens is 3. The lowest BCUT2D eigenvalue weighted by Gasteiger charge is -2.34. The van der Waals surface area contributed by atoms with E-state index >= 15 is 0 Å². The van der Waals surface area contributed by atoms with Gasteiger partial charge in [-0.1, -0.05) is 0 Å². The number of benzene rings is 1. The molecule has 172 valence electrons. The molecule has 0 saturated carbocycles. The average molecular weight is 452 g/mol. The van der Waals surface area contributed by atoms with Crippen LogP contribution in [0, 0.1) is 5.82 Å². The number of pyridine rings is 1. The monoisotopic (exact) mass is 451 g/mol. The predicted molar refractivity (Wildman–Crippen MR) is 120 cm³/mol. The highest BCUT2D eigenvalue weighted by atomic mass is 19.1. The normalized spacial score (nSPS) is 20.5. The number of piperidine rings is 1. The first-order valence-electron chi connectivity index (χ1n) is 11.5. The molecule has 1 fully saturated rings. The number of hydrogen-bond acceptors (Lipinski definition) is 7. The van der Waals surface area contributed by atoms with Gasteiger partial charge >= 0.3 is 0 Å². The van der Waals surface area contributed by atoms with E-state index in [1.54, 1.807) is 10.6 Å². The summed E-state index contributed by atoms with van der Waals surface area (Å²) in [4.78, 5) is 23.2. The summed E-state index contributed by atoms with van der Waals surface area (Å²) in [5.74, 6) is 1.01. The number of halogens is 1. The van der Waals surface area contributed by atoms with Crippen LogP contribution in [0.5, 0.6) is 11.6 Å². The van der Waals surface area contributed by atoms with Crippen LogP contribution in [-0.4, -0.2) is 58.3 Å². The van der Waals surface area contributed by atoms with Gasteiger partial charge in [-0.3, -0.25) is 4.79 Å². The van der Waals surface area contributed by atoms with Gasteiger partial charge in [0.05, 0.1) is 17.2 Å². The molecule has 9 heteroatoms. The molecule has 3 aliphatic rings. The standard InChI is InChI=1S/C24H26FN5O3/c25-18-1-2-19-23-22(18)16(14-30(23)21(31)12-27-19)13-29-5-3-17(4-6-29)26-10-15-9-20-24(28-11-15)33-8-7-32-20/h1-2,9,11-12,16-17,26H,3-8,10,13-14H2. The fourth-order valence-corrected chi connectivity index (χ4v) is 5.26. The molecule has 0 radical (unpaired) electrons. The van der Waals surface area contributed by atoms with E-state index in [0.29, 0.717) is 54.0 Å². The van der Waals surface area contributed by atoms with Gasteiger partial charge in [0.25, 0.3) is 11.4 Å². The van der Waals surface area contributed by atoms with Crippen molar-refractivity contribution in [3.05, 3.63) is 57.9 Å². The van der Waals surface area contributed by atoms with Gasteiger partial charge in [0.1, 0.15) is 19.0 Å². The molecule has 3 aliphatic heterocycles. The van der Waals surface area contributed by atoms with Crippen LogP contribution in [-0.2, 0) is 13.1 Å². The van der Waals surface area contributed by atoms with Gasteiger partial charge in [-0.05, 0) is 49.7 Å². The Morgan fingerprint density at radius 1 is 1.12 bits per heavy atom. The van der Waals surface area contributed by atoms with E-state index in [1.165, 1.54) is 12.3 Å². The van der Waals surface area contributed by atoms with Crippen molar-refractivity contribution in [2.24, 2.45) is 0 Å². The number of ether oxygens (including phenoxy) is 2.